The molecule has 0 fully saturated rings. The number of carbonyl (C=O) groups is 1. The number of aliphatic carboxylic acids is 1. The first kappa shape index (κ1) is 16.7. The lowest BCUT2D eigenvalue weighted by atomic mass is 9.98. The van der Waals surface area contributed by atoms with Crippen LogP contribution in [-0.2, 0) is 14.8 Å². The predicted molar refractivity (Wildman–Crippen MR) is 77.2 cm³/mol. The van der Waals surface area contributed by atoms with E-state index in [1.54, 1.807) is 26.0 Å². The number of aryl methyl sites for hydroxylation is 2. The van der Waals surface area contributed by atoms with Crippen LogP contribution in [0.25, 0.3) is 0 Å². The van der Waals surface area contributed by atoms with Crippen molar-refractivity contribution in [3.63, 3.8) is 0 Å². The fourth-order valence-corrected chi connectivity index (χ4v) is 3.78. The van der Waals surface area contributed by atoms with Gasteiger partial charge >= 0.3 is 5.97 Å². The minimum atomic E-state index is -3.87. The average Bonchev–Trinajstić information content (AvgIpc) is 2.31. The number of rotatable bonds is 6. The van der Waals surface area contributed by atoms with E-state index in [0.717, 1.165) is 5.56 Å². The van der Waals surface area contributed by atoms with Gasteiger partial charge in [0.05, 0.1) is 4.90 Å². The van der Waals surface area contributed by atoms with Gasteiger partial charge in [0.2, 0.25) is 10.0 Å². The maximum absolute atomic E-state index is 12.4. The molecule has 2 N–H and O–H groups in total. The molecule has 1 atom stereocenters. The van der Waals surface area contributed by atoms with E-state index in [1.165, 1.54) is 6.92 Å². The van der Waals surface area contributed by atoms with E-state index in [4.69, 9.17) is 0 Å². The number of carboxylic acid groups (broad SMARTS) is 1. The van der Waals surface area contributed by atoms with Crippen molar-refractivity contribution in [2.45, 2.75) is 51.0 Å². The van der Waals surface area contributed by atoms with Crippen molar-refractivity contribution in [2.75, 3.05) is 0 Å². The summed E-state index contributed by atoms with van der Waals surface area (Å²) in [6, 6.07) is 5.07. The summed E-state index contributed by atoms with van der Waals surface area (Å²) in [5.41, 5.74) is -0.0973. The highest BCUT2D eigenvalue weighted by atomic mass is 32.2. The van der Waals surface area contributed by atoms with E-state index in [-0.39, 0.29) is 11.3 Å². The van der Waals surface area contributed by atoms with Gasteiger partial charge in [-0.25, -0.2) is 8.42 Å². The highest BCUT2D eigenvalue weighted by Gasteiger charge is 2.37. The third-order valence-corrected chi connectivity index (χ3v) is 4.95. The maximum Gasteiger partial charge on any atom is 0.324 e. The van der Waals surface area contributed by atoms with Crippen LogP contribution < -0.4 is 4.72 Å². The van der Waals surface area contributed by atoms with Crippen molar-refractivity contribution < 1.29 is 18.3 Å². The topological polar surface area (TPSA) is 83.5 Å². The number of benzene rings is 1. The number of hydrogen-bond donors (Lipinski definition) is 2. The first-order chi connectivity index (χ1) is 9.12. The smallest absolute Gasteiger partial charge is 0.324 e. The van der Waals surface area contributed by atoms with E-state index in [0.29, 0.717) is 12.0 Å². The molecule has 0 saturated heterocycles. The van der Waals surface area contributed by atoms with Gasteiger partial charge in [-0.1, -0.05) is 25.5 Å². The van der Waals surface area contributed by atoms with Crippen molar-refractivity contribution in [3.05, 3.63) is 29.3 Å². The van der Waals surface area contributed by atoms with E-state index in [9.17, 15) is 18.3 Å². The molecule has 1 aromatic rings. The molecule has 6 heteroatoms. The van der Waals surface area contributed by atoms with Crippen LogP contribution >= 0.6 is 0 Å². The molecule has 0 radical (unpaired) electrons. The Morgan fingerprint density at radius 1 is 1.35 bits per heavy atom. The first-order valence-corrected chi connectivity index (χ1v) is 7.95. The molecule has 0 bridgehead atoms. The second-order valence-electron chi connectivity index (χ2n) is 5.26. The van der Waals surface area contributed by atoms with Crippen molar-refractivity contribution in [2.24, 2.45) is 0 Å². The third kappa shape index (κ3) is 3.58. The molecule has 0 aliphatic carbocycles. The van der Waals surface area contributed by atoms with Gasteiger partial charge < -0.3 is 5.11 Å². The van der Waals surface area contributed by atoms with Crippen LogP contribution in [0.4, 0.5) is 0 Å². The van der Waals surface area contributed by atoms with Gasteiger partial charge in [0, 0.05) is 0 Å². The van der Waals surface area contributed by atoms with Crippen LogP contribution in [0.2, 0.25) is 0 Å². The Kier molecular flexibility index (Phi) is 4.94. The molecule has 0 spiro atoms. The molecular formula is C14H21NO4S. The number of sulfonamides is 1. The Bertz CT molecular complexity index is 610. The molecule has 1 rings (SSSR count). The van der Waals surface area contributed by atoms with Crippen molar-refractivity contribution in [1.82, 2.24) is 4.72 Å². The SMILES string of the molecule is CCCC(C)(NS(=O)(=O)c1cc(C)ccc1C)C(=O)O. The standard InChI is InChI=1S/C14H21NO4S/c1-5-8-14(4,13(16)17)15-20(18,19)12-9-10(2)6-7-11(12)3/h6-7,9,15H,5,8H2,1-4H3,(H,16,17). The Labute approximate surface area is 120 Å². The van der Waals surface area contributed by atoms with Gasteiger partial charge in [-0.3, -0.25) is 4.79 Å². The number of carboxylic acids is 1. The summed E-state index contributed by atoms with van der Waals surface area (Å²) in [6.45, 7) is 6.68. The molecule has 20 heavy (non-hydrogen) atoms. The van der Waals surface area contributed by atoms with Gasteiger partial charge in [-0.05, 0) is 44.4 Å². The van der Waals surface area contributed by atoms with E-state index >= 15 is 0 Å². The molecule has 0 aliphatic rings. The van der Waals surface area contributed by atoms with E-state index < -0.39 is 21.5 Å². The molecule has 0 amide bonds. The zero-order valence-electron chi connectivity index (χ0n) is 12.2. The molecule has 1 unspecified atom stereocenters. The van der Waals surface area contributed by atoms with E-state index in [1.807, 2.05) is 13.0 Å². The average molecular weight is 299 g/mol. The fraction of sp³-hybridized carbons (Fsp3) is 0.500. The summed E-state index contributed by atoms with van der Waals surface area (Å²) >= 11 is 0. The zero-order valence-corrected chi connectivity index (χ0v) is 13.0. The van der Waals surface area contributed by atoms with Gasteiger partial charge in [-0.2, -0.15) is 4.72 Å². The summed E-state index contributed by atoms with van der Waals surface area (Å²) < 4.78 is 27.2. The predicted octanol–water partition coefficient (Wildman–Crippen LogP) is 2.23. The molecule has 0 saturated carbocycles. The van der Waals surface area contributed by atoms with Gasteiger partial charge in [0.15, 0.2) is 0 Å². The molecule has 5 nitrogen and oxygen atoms in total. The Balaban J connectivity index is 3.23. The molecule has 0 aliphatic heterocycles. The zero-order chi connectivity index (χ0) is 15.6. The van der Waals surface area contributed by atoms with Crippen LogP contribution in [0.5, 0.6) is 0 Å². The minimum absolute atomic E-state index is 0.126. The number of hydrogen-bond acceptors (Lipinski definition) is 3. The monoisotopic (exact) mass is 299 g/mol. The molecule has 0 aromatic heterocycles. The maximum atomic E-state index is 12.4. The van der Waals surface area contributed by atoms with Gasteiger partial charge in [0.1, 0.15) is 5.54 Å². The lowest BCUT2D eigenvalue weighted by Crippen LogP contribution is -2.52. The fourth-order valence-electron chi connectivity index (χ4n) is 2.05. The lowest BCUT2D eigenvalue weighted by molar-refractivity contribution is -0.143. The second kappa shape index (κ2) is 5.93. The second-order valence-corrected chi connectivity index (χ2v) is 6.91. The minimum Gasteiger partial charge on any atom is -0.480 e. The Morgan fingerprint density at radius 2 is 1.95 bits per heavy atom. The van der Waals surface area contributed by atoms with Crippen molar-refractivity contribution in [1.29, 1.82) is 0 Å². The molecule has 0 heterocycles. The number of nitrogens with one attached hydrogen (secondary N) is 1. The Morgan fingerprint density at radius 3 is 2.45 bits per heavy atom. The summed E-state index contributed by atoms with van der Waals surface area (Å²) in [5.74, 6) is -1.17. The summed E-state index contributed by atoms with van der Waals surface area (Å²) in [4.78, 5) is 11.5. The highest BCUT2D eigenvalue weighted by molar-refractivity contribution is 7.89. The highest BCUT2D eigenvalue weighted by Crippen LogP contribution is 2.21. The van der Waals surface area contributed by atoms with Gasteiger partial charge in [0.25, 0.3) is 0 Å². The third-order valence-electron chi connectivity index (χ3n) is 3.21. The summed E-state index contributed by atoms with van der Waals surface area (Å²) in [5, 5.41) is 9.27. The first-order valence-electron chi connectivity index (χ1n) is 6.47. The van der Waals surface area contributed by atoms with Crippen LogP contribution in [0.3, 0.4) is 0 Å². The normalized spacial score (nSPS) is 14.8. The summed E-state index contributed by atoms with van der Waals surface area (Å²) in [6.07, 6.45) is 0.796. The quantitative estimate of drug-likeness (QED) is 0.843. The van der Waals surface area contributed by atoms with Crippen LogP contribution in [0, 0.1) is 13.8 Å². The lowest BCUT2D eigenvalue weighted by Gasteiger charge is -2.26. The molecular weight excluding hydrogens is 278 g/mol. The van der Waals surface area contributed by atoms with E-state index in [2.05, 4.69) is 4.72 Å². The van der Waals surface area contributed by atoms with Crippen LogP contribution in [-0.4, -0.2) is 25.0 Å². The van der Waals surface area contributed by atoms with Crippen LogP contribution in [0.15, 0.2) is 23.1 Å². The summed E-state index contributed by atoms with van der Waals surface area (Å²) in [7, 11) is -3.87. The van der Waals surface area contributed by atoms with Crippen LogP contribution in [0.1, 0.15) is 37.8 Å². The largest absolute Gasteiger partial charge is 0.480 e. The van der Waals surface area contributed by atoms with Gasteiger partial charge in [-0.15, -0.1) is 0 Å². The Hall–Kier alpha value is -1.40. The molecule has 112 valence electrons. The van der Waals surface area contributed by atoms with Crippen molar-refractivity contribution >= 4 is 16.0 Å². The van der Waals surface area contributed by atoms with Crippen molar-refractivity contribution in [3.8, 4) is 0 Å². The molecule has 1 aromatic carbocycles.